The highest BCUT2D eigenvalue weighted by atomic mass is 35.5. The van der Waals surface area contributed by atoms with E-state index in [1.54, 1.807) is 7.11 Å². The molecule has 0 radical (unpaired) electrons. The first kappa shape index (κ1) is 23.2. The normalized spacial score (nSPS) is 24.9. The molecular formula is C27H28Cl2N4O. The van der Waals surface area contributed by atoms with Gasteiger partial charge in [0.15, 0.2) is 0 Å². The van der Waals surface area contributed by atoms with Gasteiger partial charge in [-0.2, -0.15) is 5.10 Å². The fourth-order valence-electron chi connectivity index (χ4n) is 5.49. The zero-order valence-electron chi connectivity index (χ0n) is 19.4. The molecule has 5 nitrogen and oxygen atoms in total. The van der Waals surface area contributed by atoms with Crippen molar-refractivity contribution in [2.45, 2.75) is 37.1 Å². The summed E-state index contributed by atoms with van der Waals surface area (Å²) < 4.78 is 5.27. The number of rotatable bonds is 6. The van der Waals surface area contributed by atoms with Gasteiger partial charge < -0.3 is 9.64 Å². The molecule has 3 aliphatic heterocycles. The Labute approximate surface area is 211 Å². The summed E-state index contributed by atoms with van der Waals surface area (Å²) in [5, 5.41) is 8.35. The molecule has 0 aliphatic carbocycles. The van der Waals surface area contributed by atoms with Crippen molar-refractivity contribution in [1.29, 1.82) is 0 Å². The molecule has 2 aromatic carbocycles. The molecule has 34 heavy (non-hydrogen) atoms. The van der Waals surface area contributed by atoms with E-state index in [4.69, 9.17) is 38.0 Å². The summed E-state index contributed by atoms with van der Waals surface area (Å²) in [7, 11) is 1.71. The highest BCUT2D eigenvalue weighted by molar-refractivity contribution is 6.31. The lowest BCUT2D eigenvalue weighted by Crippen LogP contribution is -2.60. The van der Waals surface area contributed by atoms with Crippen LogP contribution in [0.15, 0.2) is 77.1 Å². The Morgan fingerprint density at radius 2 is 2.00 bits per heavy atom. The summed E-state index contributed by atoms with van der Waals surface area (Å²) in [6, 6.07) is 14.1. The van der Waals surface area contributed by atoms with E-state index in [1.807, 2.05) is 35.5 Å². The van der Waals surface area contributed by atoms with Crippen LogP contribution in [0.25, 0.3) is 0 Å². The number of aliphatic imine (C=N–C) groups is 1. The van der Waals surface area contributed by atoms with Gasteiger partial charge in [0.2, 0.25) is 0 Å². The van der Waals surface area contributed by atoms with Gasteiger partial charge in [0.1, 0.15) is 5.84 Å². The number of fused-ring (bicyclic) bond motifs is 3. The maximum Gasteiger partial charge on any atom is 0.130 e. The predicted molar refractivity (Wildman–Crippen MR) is 140 cm³/mol. The summed E-state index contributed by atoms with van der Waals surface area (Å²) >= 11 is 12.8. The molecule has 0 saturated carbocycles. The number of hydrogen-bond acceptors (Lipinski definition) is 5. The molecule has 3 heterocycles. The van der Waals surface area contributed by atoms with Crippen LogP contribution in [-0.4, -0.2) is 48.3 Å². The molecule has 2 aromatic rings. The van der Waals surface area contributed by atoms with Crippen LogP contribution < -0.4 is 0 Å². The zero-order chi connectivity index (χ0) is 23.9. The Hall–Kier alpha value is -2.60. The van der Waals surface area contributed by atoms with E-state index >= 15 is 0 Å². The van der Waals surface area contributed by atoms with Crippen LogP contribution >= 0.6 is 23.2 Å². The van der Waals surface area contributed by atoms with Crippen LogP contribution in [0.5, 0.6) is 0 Å². The van der Waals surface area contributed by atoms with Crippen LogP contribution in [0.2, 0.25) is 10.0 Å². The first-order valence-electron chi connectivity index (χ1n) is 11.6. The standard InChI is InChI=1S/C27H28Cl2N4O/c1-4-18(2)26-27(17-30-24-15-21(29)8-9-22(24)27)23(19-6-5-7-20(28)14-19)16-25-31-32(12-13-34-3)10-11-33(25)26/h5-11,14-15,17,23,26H,2,4,12-13,16H2,1,3H3. The van der Waals surface area contributed by atoms with E-state index in [9.17, 15) is 0 Å². The lowest BCUT2D eigenvalue weighted by atomic mass is 9.59. The quantitative estimate of drug-likeness (QED) is 0.429. The van der Waals surface area contributed by atoms with E-state index in [2.05, 4.69) is 49.0 Å². The average molecular weight is 495 g/mol. The van der Waals surface area contributed by atoms with Gasteiger partial charge in [-0.15, -0.1) is 0 Å². The van der Waals surface area contributed by atoms with Crippen molar-refractivity contribution in [2.75, 3.05) is 20.3 Å². The molecule has 3 unspecified atom stereocenters. The van der Waals surface area contributed by atoms with Crippen molar-refractivity contribution < 1.29 is 4.74 Å². The maximum atomic E-state index is 6.48. The van der Waals surface area contributed by atoms with Crippen molar-refractivity contribution in [3.63, 3.8) is 0 Å². The van der Waals surface area contributed by atoms with Gasteiger partial charge in [-0.1, -0.05) is 60.5 Å². The molecule has 3 atom stereocenters. The Balaban J connectivity index is 1.71. The molecule has 7 heteroatoms. The second-order valence-electron chi connectivity index (χ2n) is 8.96. The minimum Gasteiger partial charge on any atom is -0.383 e. The molecule has 1 fully saturated rings. The molecule has 0 N–H and O–H groups in total. The van der Waals surface area contributed by atoms with E-state index in [0.717, 1.165) is 46.1 Å². The fourth-order valence-corrected chi connectivity index (χ4v) is 5.86. The number of amidine groups is 1. The molecule has 0 amide bonds. The van der Waals surface area contributed by atoms with Crippen LogP contribution in [-0.2, 0) is 10.2 Å². The fraction of sp³-hybridized carbons (Fsp3) is 0.333. The molecule has 176 valence electrons. The number of halogens is 2. The zero-order valence-corrected chi connectivity index (χ0v) is 20.9. The molecule has 0 aromatic heterocycles. The molecular weight excluding hydrogens is 467 g/mol. The van der Waals surface area contributed by atoms with E-state index < -0.39 is 5.41 Å². The third-order valence-electron chi connectivity index (χ3n) is 7.10. The van der Waals surface area contributed by atoms with Gasteiger partial charge in [-0.05, 0) is 41.8 Å². The highest BCUT2D eigenvalue weighted by Gasteiger charge is 2.56. The minimum atomic E-state index is -0.435. The van der Waals surface area contributed by atoms with Crippen LogP contribution in [0.3, 0.4) is 0 Å². The Kier molecular flexibility index (Phi) is 6.28. The predicted octanol–water partition coefficient (Wildman–Crippen LogP) is 6.52. The van der Waals surface area contributed by atoms with Crippen molar-refractivity contribution in [1.82, 2.24) is 9.91 Å². The van der Waals surface area contributed by atoms with Crippen molar-refractivity contribution in [3.05, 3.63) is 88.2 Å². The Bertz CT molecular complexity index is 1210. The van der Waals surface area contributed by atoms with Crippen molar-refractivity contribution in [2.24, 2.45) is 10.1 Å². The van der Waals surface area contributed by atoms with Crippen molar-refractivity contribution >= 4 is 40.9 Å². The summed E-state index contributed by atoms with van der Waals surface area (Å²) in [4.78, 5) is 7.18. The number of ether oxygens (including phenoxy) is 1. The third kappa shape index (κ3) is 3.76. The molecule has 3 aliphatic rings. The van der Waals surface area contributed by atoms with Gasteiger partial charge in [0, 0.05) is 48.1 Å². The van der Waals surface area contributed by atoms with Crippen LogP contribution in [0.1, 0.15) is 36.8 Å². The number of nitrogens with zero attached hydrogens (tertiary/aromatic N) is 4. The number of piperidine rings is 1. The second-order valence-corrected chi connectivity index (χ2v) is 9.83. The SMILES string of the molecule is C=C(CC)C1N2C=CN(CCOC)N=C2CC(c2cccc(Cl)c2)C12C=Nc1cc(Cl)ccc12. The smallest absolute Gasteiger partial charge is 0.130 e. The number of methoxy groups -OCH3 is 1. The molecule has 1 spiro atoms. The van der Waals surface area contributed by atoms with Gasteiger partial charge in [-0.25, -0.2) is 0 Å². The lowest BCUT2D eigenvalue weighted by molar-refractivity contribution is 0.163. The number of benzene rings is 2. The summed E-state index contributed by atoms with van der Waals surface area (Å²) in [6.45, 7) is 7.99. The average Bonchev–Trinajstić information content (AvgIpc) is 3.20. The molecule has 5 rings (SSSR count). The molecule has 1 saturated heterocycles. The second kappa shape index (κ2) is 9.21. The third-order valence-corrected chi connectivity index (χ3v) is 7.57. The Morgan fingerprint density at radius 3 is 2.76 bits per heavy atom. The summed E-state index contributed by atoms with van der Waals surface area (Å²) in [5.74, 6) is 1.07. The Morgan fingerprint density at radius 1 is 1.18 bits per heavy atom. The van der Waals surface area contributed by atoms with Crippen LogP contribution in [0, 0.1) is 0 Å². The first-order chi connectivity index (χ1) is 16.5. The summed E-state index contributed by atoms with van der Waals surface area (Å²) in [5.41, 5.74) is 3.93. The van der Waals surface area contributed by atoms with Gasteiger partial charge in [-0.3, -0.25) is 10.0 Å². The summed E-state index contributed by atoms with van der Waals surface area (Å²) in [6.07, 6.45) is 7.83. The molecule has 0 bridgehead atoms. The van der Waals surface area contributed by atoms with Gasteiger partial charge in [0.05, 0.1) is 30.3 Å². The minimum absolute atomic E-state index is 0.0546. The number of hydrogen-bond donors (Lipinski definition) is 0. The highest BCUT2D eigenvalue weighted by Crippen LogP contribution is 2.56. The van der Waals surface area contributed by atoms with E-state index in [-0.39, 0.29) is 12.0 Å². The topological polar surface area (TPSA) is 40.4 Å². The monoisotopic (exact) mass is 494 g/mol. The van der Waals surface area contributed by atoms with E-state index in [0.29, 0.717) is 18.2 Å². The first-order valence-corrected chi connectivity index (χ1v) is 12.3. The van der Waals surface area contributed by atoms with E-state index in [1.165, 1.54) is 0 Å². The van der Waals surface area contributed by atoms with Gasteiger partial charge in [0.25, 0.3) is 0 Å². The van der Waals surface area contributed by atoms with Crippen molar-refractivity contribution in [3.8, 4) is 0 Å². The van der Waals surface area contributed by atoms with Crippen LogP contribution in [0.4, 0.5) is 5.69 Å². The largest absolute Gasteiger partial charge is 0.383 e. The maximum absolute atomic E-state index is 6.48. The lowest BCUT2D eigenvalue weighted by Gasteiger charge is -2.53. The number of hydrazone groups is 1. The van der Waals surface area contributed by atoms with Gasteiger partial charge >= 0.3 is 0 Å².